The number of carboxylic acid groups (broad SMARTS) is 1. The van der Waals surface area contributed by atoms with Gasteiger partial charge < -0.3 is 15.1 Å². The highest BCUT2D eigenvalue weighted by atomic mass is 19.3. The Morgan fingerprint density at radius 2 is 2.04 bits per heavy atom. The van der Waals surface area contributed by atoms with Crippen molar-refractivity contribution in [3.8, 4) is 11.8 Å². The van der Waals surface area contributed by atoms with E-state index >= 15 is 0 Å². The molecule has 0 aromatic rings. The van der Waals surface area contributed by atoms with Crippen molar-refractivity contribution in [2.75, 3.05) is 6.54 Å². The average molecular weight is 385 g/mol. The summed E-state index contributed by atoms with van der Waals surface area (Å²) < 4.78 is 27.7. The van der Waals surface area contributed by atoms with Crippen molar-refractivity contribution in [3.63, 3.8) is 0 Å². The SMILES string of the molecule is CCC#C[C@@H](C)[C@@H](O)C=C[C@H]1CC(F)(F)C(=O)N1CCCCCCC(=O)O. The minimum Gasteiger partial charge on any atom is -0.481 e. The lowest BCUT2D eigenvalue weighted by atomic mass is 10.0. The number of carbonyl (C=O) groups excluding carboxylic acids is 1. The first-order chi connectivity index (χ1) is 12.7. The van der Waals surface area contributed by atoms with Gasteiger partial charge in [-0.3, -0.25) is 9.59 Å². The van der Waals surface area contributed by atoms with Crippen LogP contribution in [0.4, 0.5) is 8.78 Å². The predicted molar refractivity (Wildman–Crippen MR) is 98.2 cm³/mol. The van der Waals surface area contributed by atoms with Gasteiger partial charge in [0.25, 0.3) is 5.91 Å². The van der Waals surface area contributed by atoms with E-state index in [0.717, 1.165) is 4.90 Å². The number of alkyl halides is 2. The van der Waals surface area contributed by atoms with Gasteiger partial charge in [0.15, 0.2) is 0 Å². The van der Waals surface area contributed by atoms with Crippen LogP contribution in [0.1, 0.15) is 58.8 Å². The van der Waals surface area contributed by atoms with Crippen LogP contribution in [0.15, 0.2) is 12.2 Å². The van der Waals surface area contributed by atoms with Crippen molar-refractivity contribution in [3.05, 3.63) is 12.2 Å². The molecule has 0 bridgehead atoms. The number of carbonyl (C=O) groups is 2. The molecule has 0 aromatic heterocycles. The Hall–Kier alpha value is -1.94. The number of aliphatic hydroxyl groups excluding tert-OH is 1. The zero-order valence-corrected chi connectivity index (χ0v) is 16.0. The summed E-state index contributed by atoms with van der Waals surface area (Å²) in [5.74, 6) is 0.00610. The van der Waals surface area contributed by atoms with Crippen LogP contribution in [0.25, 0.3) is 0 Å². The molecule has 152 valence electrons. The Morgan fingerprint density at radius 3 is 2.67 bits per heavy atom. The van der Waals surface area contributed by atoms with Gasteiger partial charge in [-0.05, 0) is 19.8 Å². The molecule has 1 aliphatic heterocycles. The number of aliphatic hydroxyl groups is 1. The van der Waals surface area contributed by atoms with E-state index in [0.29, 0.717) is 32.1 Å². The third-order valence-corrected chi connectivity index (χ3v) is 4.53. The van der Waals surface area contributed by atoms with Crippen LogP contribution in [0.2, 0.25) is 0 Å². The lowest BCUT2D eigenvalue weighted by molar-refractivity contribution is -0.148. The molecule has 27 heavy (non-hydrogen) atoms. The van der Waals surface area contributed by atoms with E-state index in [9.17, 15) is 23.5 Å². The molecule has 0 radical (unpaired) electrons. The molecule has 3 atom stereocenters. The first-order valence-electron chi connectivity index (χ1n) is 9.44. The van der Waals surface area contributed by atoms with Gasteiger partial charge in [-0.1, -0.05) is 37.8 Å². The van der Waals surface area contributed by atoms with Crippen LogP contribution >= 0.6 is 0 Å². The second kappa shape index (κ2) is 11.0. The Kier molecular flexibility index (Phi) is 9.44. The molecule has 2 N–H and O–H groups in total. The fraction of sp³-hybridized carbons (Fsp3) is 0.700. The van der Waals surface area contributed by atoms with E-state index in [1.165, 1.54) is 12.2 Å². The minimum atomic E-state index is -3.39. The van der Waals surface area contributed by atoms with Gasteiger partial charge in [-0.2, -0.15) is 8.78 Å². The van der Waals surface area contributed by atoms with Crippen molar-refractivity contribution in [2.24, 2.45) is 5.92 Å². The topological polar surface area (TPSA) is 77.8 Å². The van der Waals surface area contributed by atoms with E-state index < -0.39 is 36.4 Å². The van der Waals surface area contributed by atoms with Crippen LogP contribution in [0.5, 0.6) is 0 Å². The number of aliphatic carboxylic acids is 1. The number of likely N-dealkylation sites (tertiary alicyclic amines) is 1. The number of unbranched alkanes of at least 4 members (excludes halogenated alkanes) is 3. The van der Waals surface area contributed by atoms with Crippen molar-refractivity contribution in [1.82, 2.24) is 4.90 Å². The monoisotopic (exact) mass is 385 g/mol. The molecule has 0 unspecified atom stereocenters. The molecule has 1 aliphatic rings. The van der Waals surface area contributed by atoms with Crippen LogP contribution in [-0.2, 0) is 9.59 Å². The van der Waals surface area contributed by atoms with Crippen molar-refractivity contribution in [1.29, 1.82) is 0 Å². The smallest absolute Gasteiger partial charge is 0.327 e. The molecule has 0 aromatic carbocycles. The molecule has 1 saturated heterocycles. The summed E-state index contributed by atoms with van der Waals surface area (Å²) in [5.41, 5.74) is 0. The maximum atomic E-state index is 13.8. The number of rotatable bonds is 10. The summed E-state index contributed by atoms with van der Waals surface area (Å²) in [6.07, 6.45) is 4.61. The lowest BCUT2D eigenvalue weighted by Crippen LogP contribution is -2.36. The van der Waals surface area contributed by atoms with Gasteiger partial charge in [-0.25, -0.2) is 0 Å². The predicted octanol–water partition coefficient (Wildman–Crippen LogP) is 3.22. The number of hydrogen-bond donors (Lipinski definition) is 2. The summed E-state index contributed by atoms with van der Waals surface area (Å²) >= 11 is 0. The molecule has 1 fully saturated rings. The third kappa shape index (κ3) is 7.67. The number of amides is 1. The van der Waals surface area contributed by atoms with E-state index in [-0.39, 0.29) is 18.9 Å². The molecule has 1 heterocycles. The summed E-state index contributed by atoms with van der Waals surface area (Å²) in [4.78, 5) is 23.6. The van der Waals surface area contributed by atoms with Crippen LogP contribution in [0, 0.1) is 17.8 Å². The van der Waals surface area contributed by atoms with Crippen LogP contribution in [0.3, 0.4) is 0 Å². The second-order valence-corrected chi connectivity index (χ2v) is 6.87. The van der Waals surface area contributed by atoms with Crippen LogP contribution in [-0.4, -0.2) is 51.6 Å². The van der Waals surface area contributed by atoms with E-state index in [4.69, 9.17) is 5.11 Å². The van der Waals surface area contributed by atoms with Crippen LogP contribution < -0.4 is 0 Å². The molecule has 1 amide bonds. The first-order valence-corrected chi connectivity index (χ1v) is 9.44. The number of halogens is 2. The zero-order chi connectivity index (χ0) is 20.4. The molecule has 1 rings (SSSR count). The number of nitrogens with zero attached hydrogens (tertiary/aromatic N) is 1. The van der Waals surface area contributed by atoms with Gasteiger partial charge >= 0.3 is 11.9 Å². The Bertz CT molecular complexity index is 595. The molecule has 0 saturated carbocycles. The van der Waals surface area contributed by atoms with E-state index in [1.807, 2.05) is 6.92 Å². The first kappa shape index (κ1) is 23.1. The lowest BCUT2D eigenvalue weighted by Gasteiger charge is -2.22. The summed E-state index contributed by atoms with van der Waals surface area (Å²) in [6.45, 7) is 3.84. The molecule has 0 aliphatic carbocycles. The fourth-order valence-electron chi connectivity index (χ4n) is 2.93. The summed E-state index contributed by atoms with van der Waals surface area (Å²) in [5, 5.41) is 18.7. The average Bonchev–Trinajstić information content (AvgIpc) is 2.82. The highest BCUT2D eigenvalue weighted by Crippen LogP contribution is 2.34. The third-order valence-electron chi connectivity index (χ3n) is 4.53. The van der Waals surface area contributed by atoms with Gasteiger partial charge in [0.2, 0.25) is 0 Å². The zero-order valence-electron chi connectivity index (χ0n) is 16.0. The summed E-state index contributed by atoms with van der Waals surface area (Å²) in [6, 6.07) is -0.757. The van der Waals surface area contributed by atoms with E-state index in [1.54, 1.807) is 6.92 Å². The van der Waals surface area contributed by atoms with Crippen molar-refractivity contribution < 1.29 is 28.6 Å². The number of carboxylic acids is 1. The molecule has 7 heteroatoms. The van der Waals surface area contributed by atoms with Crippen molar-refractivity contribution in [2.45, 2.75) is 76.9 Å². The maximum Gasteiger partial charge on any atom is 0.327 e. The largest absolute Gasteiger partial charge is 0.481 e. The molecule has 0 spiro atoms. The quantitative estimate of drug-likeness (QED) is 0.344. The van der Waals surface area contributed by atoms with Gasteiger partial charge in [0, 0.05) is 31.7 Å². The Balaban J connectivity index is 2.60. The Labute approximate surface area is 159 Å². The minimum absolute atomic E-state index is 0.0864. The normalized spacial score (nSPS) is 21.1. The summed E-state index contributed by atoms with van der Waals surface area (Å²) in [7, 11) is 0. The highest BCUT2D eigenvalue weighted by molar-refractivity contribution is 5.86. The van der Waals surface area contributed by atoms with Gasteiger partial charge in [0.05, 0.1) is 12.1 Å². The van der Waals surface area contributed by atoms with Gasteiger partial charge in [-0.15, -0.1) is 5.92 Å². The highest BCUT2D eigenvalue weighted by Gasteiger charge is 2.52. The molecular weight excluding hydrogens is 356 g/mol. The maximum absolute atomic E-state index is 13.8. The standard InChI is InChI=1S/C20H29F2NO4/c1-3-4-9-15(2)17(24)12-11-16-14-20(21,22)19(27)23(16)13-8-6-5-7-10-18(25)26/h11-12,15-17,24H,3,5-8,10,13-14H2,1-2H3,(H,25,26)/t15-,16+,17+/m1/s1. The second-order valence-electron chi connectivity index (χ2n) is 6.87. The number of hydrogen-bond acceptors (Lipinski definition) is 3. The Morgan fingerprint density at radius 1 is 1.37 bits per heavy atom. The van der Waals surface area contributed by atoms with E-state index in [2.05, 4.69) is 11.8 Å². The fourth-order valence-corrected chi connectivity index (χ4v) is 2.93. The molecule has 5 nitrogen and oxygen atoms in total. The molecular formula is C20H29F2NO4. The van der Waals surface area contributed by atoms with Gasteiger partial charge in [0.1, 0.15) is 0 Å². The van der Waals surface area contributed by atoms with Crippen molar-refractivity contribution >= 4 is 11.9 Å².